The number of aromatic amines is 1. The fourth-order valence-corrected chi connectivity index (χ4v) is 8.80. The number of methoxy groups -OCH3 is 1. The third-order valence-electron chi connectivity index (χ3n) is 11.7. The van der Waals surface area contributed by atoms with Crippen molar-refractivity contribution in [3.05, 3.63) is 53.4 Å². The van der Waals surface area contributed by atoms with Gasteiger partial charge in [-0.2, -0.15) is 0 Å². The van der Waals surface area contributed by atoms with Crippen molar-refractivity contribution in [1.29, 1.82) is 0 Å². The molecule has 3 fully saturated rings. The molecule has 0 saturated carbocycles. The van der Waals surface area contributed by atoms with Crippen LogP contribution < -0.4 is 15.4 Å². The number of piperazine rings is 1. The molecule has 3 aliphatic rings. The van der Waals surface area contributed by atoms with E-state index >= 15 is 0 Å². The van der Waals surface area contributed by atoms with Crippen LogP contribution in [0.5, 0.6) is 5.75 Å². The number of likely N-dealkylation sites (tertiary alicyclic amines) is 2. The summed E-state index contributed by atoms with van der Waals surface area (Å²) < 4.78 is 56.2. The zero-order valence-electron chi connectivity index (χ0n) is 37.0. The number of carbonyl (C=O) groups is 4. The number of hydrogen-bond donors (Lipinski definition) is 3. The number of ether oxygens (including phenoxy) is 3. The highest BCUT2D eigenvalue weighted by atomic mass is 35.5. The topological polar surface area (TPSA) is 162 Å². The Morgan fingerprint density at radius 1 is 0.937 bits per heavy atom. The van der Waals surface area contributed by atoms with Crippen molar-refractivity contribution >= 4 is 41.4 Å². The second kappa shape index (κ2) is 19.3. The first-order valence-corrected chi connectivity index (χ1v) is 21.7. The van der Waals surface area contributed by atoms with Crippen LogP contribution in [0.1, 0.15) is 79.6 Å². The Balaban J connectivity index is 1.11. The highest BCUT2D eigenvalue weighted by Crippen LogP contribution is 2.41. The fourth-order valence-electron chi connectivity index (χ4n) is 8.59. The maximum atomic E-state index is 13.8. The van der Waals surface area contributed by atoms with Crippen LogP contribution in [-0.4, -0.2) is 130 Å². The molecule has 6 rings (SSSR count). The van der Waals surface area contributed by atoms with Crippen LogP contribution in [0.4, 0.5) is 33.2 Å². The molecule has 4 unspecified atom stereocenters. The van der Waals surface area contributed by atoms with Crippen molar-refractivity contribution in [2.75, 3.05) is 51.7 Å². The van der Waals surface area contributed by atoms with Gasteiger partial charge in [0.15, 0.2) is 0 Å². The van der Waals surface area contributed by atoms with Gasteiger partial charge in [-0.15, -0.1) is 13.2 Å². The molecule has 4 heterocycles. The van der Waals surface area contributed by atoms with Gasteiger partial charge in [0.2, 0.25) is 5.91 Å². The number of aromatic nitrogens is 2. The average molecular weight is 903 g/mol. The molecule has 0 radical (unpaired) electrons. The standard InChI is InChI=1S/C44H58ClF3N8O7/c1-25(2)37(52-41(59)61-8)39(57)56-23-26(3)19-35(56)38-49-22-34(50-38)29-11-9-28(10-12-29)31-20-32(45)33(21-36(31)62-44(46,47)48)51-40(58)53-15-13-30(14-16-53)55-18-17-54(24-27(55)4)42(60)63-43(5,6)7/h9-12,20-22,25-27,30,35,37H,13-19,23-24H2,1-8H3,(H,49,50)(H,51,58)(H,52,59). The Hall–Kier alpha value is -5.23. The monoisotopic (exact) mass is 902 g/mol. The van der Waals surface area contributed by atoms with E-state index in [1.54, 1.807) is 45.2 Å². The van der Waals surface area contributed by atoms with Crippen LogP contribution in [0.3, 0.4) is 0 Å². The summed E-state index contributed by atoms with van der Waals surface area (Å²) in [5.74, 6) is -0.248. The minimum Gasteiger partial charge on any atom is -0.453 e. The highest BCUT2D eigenvalue weighted by Gasteiger charge is 2.41. The summed E-state index contributed by atoms with van der Waals surface area (Å²) in [7, 11) is 1.24. The van der Waals surface area contributed by atoms with Crippen molar-refractivity contribution in [3.63, 3.8) is 0 Å². The van der Waals surface area contributed by atoms with E-state index in [-0.39, 0.29) is 58.2 Å². The van der Waals surface area contributed by atoms with Gasteiger partial charge in [-0.25, -0.2) is 19.4 Å². The van der Waals surface area contributed by atoms with E-state index in [1.165, 1.54) is 13.2 Å². The first kappa shape index (κ1) is 47.3. The molecule has 15 nitrogen and oxygen atoms in total. The zero-order valence-corrected chi connectivity index (χ0v) is 37.7. The Morgan fingerprint density at radius 3 is 2.21 bits per heavy atom. The van der Waals surface area contributed by atoms with Gasteiger partial charge >= 0.3 is 24.6 Å². The van der Waals surface area contributed by atoms with Gasteiger partial charge in [-0.3, -0.25) is 9.69 Å². The summed E-state index contributed by atoms with van der Waals surface area (Å²) in [5.41, 5.74) is 1.13. The van der Waals surface area contributed by atoms with Crippen LogP contribution in [0.2, 0.25) is 5.02 Å². The summed E-state index contributed by atoms with van der Waals surface area (Å²) in [6, 6.07) is 7.72. The van der Waals surface area contributed by atoms with Gasteiger partial charge in [-0.1, -0.05) is 56.6 Å². The number of nitrogens with zero attached hydrogens (tertiary/aromatic N) is 5. The molecule has 3 saturated heterocycles. The number of piperidine rings is 1. The number of hydrogen-bond acceptors (Lipinski definition) is 9. The number of benzene rings is 2. The molecule has 0 spiro atoms. The molecule has 0 bridgehead atoms. The molecular formula is C44H58ClF3N8O7. The first-order valence-electron chi connectivity index (χ1n) is 21.3. The molecule has 344 valence electrons. The number of alkyl carbamates (subject to hydrolysis) is 1. The molecule has 2 aromatic carbocycles. The maximum absolute atomic E-state index is 13.8. The van der Waals surface area contributed by atoms with Gasteiger partial charge in [-0.05, 0) is 76.0 Å². The average Bonchev–Trinajstić information content (AvgIpc) is 3.86. The van der Waals surface area contributed by atoms with E-state index in [4.69, 9.17) is 21.1 Å². The van der Waals surface area contributed by atoms with Crippen molar-refractivity contribution in [2.24, 2.45) is 11.8 Å². The van der Waals surface area contributed by atoms with Crippen molar-refractivity contribution < 1.29 is 46.6 Å². The number of carbonyl (C=O) groups excluding carboxylic acids is 4. The van der Waals surface area contributed by atoms with Gasteiger partial charge < -0.3 is 44.5 Å². The largest absolute Gasteiger partial charge is 0.573 e. The third kappa shape index (κ3) is 11.7. The number of amides is 5. The van der Waals surface area contributed by atoms with Gasteiger partial charge in [0.25, 0.3) is 0 Å². The number of alkyl halides is 3. The highest BCUT2D eigenvalue weighted by molar-refractivity contribution is 6.34. The summed E-state index contributed by atoms with van der Waals surface area (Å²) >= 11 is 6.64. The number of halogens is 4. The number of rotatable bonds is 9. The second-order valence-corrected chi connectivity index (χ2v) is 18.4. The van der Waals surface area contributed by atoms with Crippen LogP contribution in [0, 0.1) is 11.8 Å². The van der Waals surface area contributed by atoms with E-state index in [1.807, 2.05) is 41.5 Å². The van der Waals surface area contributed by atoms with Gasteiger partial charge in [0.1, 0.15) is 23.2 Å². The lowest BCUT2D eigenvalue weighted by Crippen LogP contribution is -2.59. The van der Waals surface area contributed by atoms with E-state index in [9.17, 15) is 32.3 Å². The lowest BCUT2D eigenvalue weighted by atomic mass is 10.00. The molecule has 3 aromatic rings. The Kier molecular flexibility index (Phi) is 14.4. The van der Waals surface area contributed by atoms with Crippen molar-refractivity contribution in [3.8, 4) is 28.1 Å². The minimum absolute atomic E-state index is 0.0214. The number of nitrogens with one attached hydrogen (secondary N) is 3. The number of imidazole rings is 1. The Morgan fingerprint density at radius 2 is 1.60 bits per heavy atom. The molecule has 4 atom stereocenters. The Bertz CT molecular complexity index is 2120. The van der Waals surface area contributed by atoms with Crippen LogP contribution in [-0.2, 0) is 14.3 Å². The lowest BCUT2D eigenvalue weighted by Gasteiger charge is -2.46. The number of H-pyrrole nitrogens is 1. The quantitative estimate of drug-likeness (QED) is 0.191. The van der Waals surface area contributed by atoms with Gasteiger partial charge in [0, 0.05) is 63.0 Å². The molecule has 63 heavy (non-hydrogen) atoms. The smallest absolute Gasteiger partial charge is 0.453 e. The van der Waals surface area contributed by atoms with E-state index in [0.29, 0.717) is 81.2 Å². The zero-order chi connectivity index (χ0) is 46.0. The lowest BCUT2D eigenvalue weighted by molar-refractivity contribution is -0.274. The summed E-state index contributed by atoms with van der Waals surface area (Å²) in [5, 5.41) is 5.36. The number of anilines is 1. The SMILES string of the molecule is COC(=O)NC(C(=O)N1CC(C)CC1c1ncc(-c2ccc(-c3cc(Cl)c(NC(=O)N4CCC(N5CCN(C(=O)OC(C)(C)C)CC5C)CC4)cc3OC(F)(F)F)cc2)[nH]1)C(C)C. The predicted molar refractivity (Wildman–Crippen MR) is 231 cm³/mol. The minimum atomic E-state index is -5.04. The normalized spacial score (nSPS) is 20.7. The molecule has 3 aliphatic heterocycles. The summed E-state index contributed by atoms with van der Waals surface area (Å²) in [6.45, 7) is 16.4. The molecule has 1 aromatic heterocycles. The Labute approximate surface area is 370 Å². The van der Waals surface area contributed by atoms with Crippen molar-refractivity contribution in [1.82, 2.24) is 34.9 Å². The van der Waals surface area contributed by atoms with Gasteiger partial charge in [0.05, 0.1) is 35.8 Å². The summed E-state index contributed by atoms with van der Waals surface area (Å²) in [6.07, 6.45) is -2.42. The van der Waals surface area contributed by atoms with Crippen LogP contribution in [0.15, 0.2) is 42.6 Å². The number of urea groups is 1. The van der Waals surface area contributed by atoms with E-state index < -0.39 is 35.9 Å². The van der Waals surface area contributed by atoms with E-state index in [0.717, 1.165) is 6.07 Å². The molecule has 3 N–H and O–H groups in total. The molecule has 0 aliphatic carbocycles. The molecule has 5 amide bonds. The fraction of sp³-hybridized carbons (Fsp3) is 0.568. The first-order chi connectivity index (χ1) is 29.6. The maximum Gasteiger partial charge on any atom is 0.573 e. The third-order valence-corrected chi connectivity index (χ3v) is 12.0. The van der Waals surface area contributed by atoms with Crippen molar-refractivity contribution in [2.45, 2.75) is 104 Å². The molecule has 19 heteroatoms. The summed E-state index contributed by atoms with van der Waals surface area (Å²) in [4.78, 5) is 67.2. The second-order valence-electron chi connectivity index (χ2n) is 18.0. The predicted octanol–water partition coefficient (Wildman–Crippen LogP) is 8.52. The molecular weight excluding hydrogens is 845 g/mol. The van der Waals surface area contributed by atoms with Crippen LogP contribution in [0.25, 0.3) is 22.4 Å². The van der Waals surface area contributed by atoms with Crippen LogP contribution >= 0.6 is 11.6 Å². The van der Waals surface area contributed by atoms with E-state index in [2.05, 4.69) is 37.2 Å².